The molecule has 0 unspecified atom stereocenters. The lowest BCUT2D eigenvalue weighted by Crippen LogP contribution is -1.93. The normalized spacial score (nSPS) is 11.1. The van der Waals surface area contributed by atoms with Crippen LogP contribution in [0, 0.1) is 26.1 Å². The van der Waals surface area contributed by atoms with E-state index in [1.807, 2.05) is 13.8 Å². The number of azo groups is 1. The first-order valence-electron chi connectivity index (χ1n) is 5.72. The molecule has 0 heterocycles. The topological polar surface area (TPSA) is 111 Å². The van der Waals surface area contributed by atoms with E-state index >= 15 is 0 Å². The number of nitro groups is 2. The lowest BCUT2D eigenvalue weighted by atomic mass is 10.1. The van der Waals surface area contributed by atoms with Crippen molar-refractivity contribution in [2.45, 2.75) is 20.3 Å². The van der Waals surface area contributed by atoms with Crippen LogP contribution in [0.25, 0.3) is 0 Å². The van der Waals surface area contributed by atoms with Gasteiger partial charge in [0.15, 0.2) is 5.69 Å². The van der Waals surface area contributed by atoms with E-state index in [-0.39, 0.29) is 11.4 Å². The molecule has 0 aliphatic carbocycles. The van der Waals surface area contributed by atoms with E-state index in [1.165, 1.54) is 12.1 Å². The molecule has 0 saturated heterocycles. The van der Waals surface area contributed by atoms with Crippen LogP contribution >= 0.6 is 0 Å². The average Bonchev–Trinajstić information content (AvgIpc) is 2.34. The second kappa shape index (κ2) is 6.53. The van der Waals surface area contributed by atoms with E-state index in [0.29, 0.717) is 12.5 Å². The van der Waals surface area contributed by atoms with Gasteiger partial charge in [0.05, 0.1) is 22.5 Å². The minimum absolute atomic E-state index is 0.0272. The first-order chi connectivity index (χ1) is 8.91. The van der Waals surface area contributed by atoms with Gasteiger partial charge in [-0.05, 0) is 18.4 Å². The van der Waals surface area contributed by atoms with Gasteiger partial charge in [0.25, 0.3) is 5.69 Å². The van der Waals surface area contributed by atoms with Crippen molar-refractivity contribution in [3.8, 4) is 0 Å². The molecule has 0 radical (unpaired) electrons. The molecule has 1 rings (SSSR count). The Kier molecular flexibility index (Phi) is 5.04. The molecule has 0 amide bonds. The number of hydrogen-bond acceptors (Lipinski definition) is 6. The number of hydrogen-bond donors (Lipinski definition) is 0. The molecule has 1 aromatic carbocycles. The third kappa shape index (κ3) is 4.41. The summed E-state index contributed by atoms with van der Waals surface area (Å²) in [6.45, 7) is 4.53. The second-order valence-corrected chi connectivity index (χ2v) is 4.33. The number of nitro benzene ring substituents is 2. The Labute approximate surface area is 109 Å². The van der Waals surface area contributed by atoms with Crippen molar-refractivity contribution >= 4 is 17.1 Å². The first kappa shape index (κ1) is 14.7. The monoisotopic (exact) mass is 266 g/mol. The van der Waals surface area contributed by atoms with Crippen LogP contribution in [-0.4, -0.2) is 16.4 Å². The maximum absolute atomic E-state index is 10.8. The van der Waals surface area contributed by atoms with Gasteiger partial charge in [-0.1, -0.05) is 13.8 Å². The van der Waals surface area contributed by atoms with Crippen molar-refractivity contribution in [2.24, 2.45) is 16.1 Å². The number of non-ortho nitro benzene ring substituents is 1. The zero-order chi connectivity index (χ0) is 14.4. The van der Waals surface area contributed by atoms with Crippen LogP contribution < -0.4 is 0 Å². The Balaban J connectivity index is 2.94. The van der Waals surface area contributed by atoms with Crippen LogP contribution in [0.5, 0.6) is 0 Å². The Hall–Kier alpha value is -2.38. The lowest BCUT2D eigenvalue weighted by molar-refractivity contribution is -0.393. The standard InChI is InChI=1S/C11H14N4O4/c1-8(2)5-6-12-13-10-4-3-9(14(16)17)7-11(10)15(18)19/h3-4,7-8H,5-6H2,1-2H3. The predicted molar refractivity (Wildman–Crippen MR) is 68.6 cm³/mol. The quantitative estimate of drug-likeness (QED) is 0.444. The Bertz CT molecular complexity index is 513. The summed E-state index contributed by atoms with van der Waals surface area (Å²) < 4.78 is 0. The third-order valence-electron chi connectivity index (χ3n) is 2.35. The van der Waals surface area contributed by atoms with Gasteiger partial charge in [-0.25, -0.2) is 0 Å². The fourth-order valence-electron chi connectivity index (χ4n) is 1.30. The van der Waals surface area contributed by atoms with E-state index in [9.17, 15) is 20.2 Å². The summed E-state index contributed by atoms with van der Waals surface area (Å²) in [5.41, 5.74) is -0.727. The van der Waals surface area contributed by atoms with Gasteiger partial charge in [-0.15, -0.1) is 5.11 Å². The summed E-state index contributed by atoms with van der Waals surface area (Å²) in [4.78, 5) is 20.0. The molecule has 8 nitrogen and oxygen atoms in total. The molecule has 0 aromatic heterocycles. The molecule has 0 aliphatic heterocycles. The molecular formula is C11H14N4O4. The number of nitrogens with zero attached hydrogens (tertiary/aromatic N) is 4. The van der Waals surface area contributed by atoms with E-state index in [0.717, 1.165) is 12.5 Å². The molecule has 0 spiro atoms. The van der Waals surface area contributed by atoms with Crippen molar-refractivity contribution in [1.82, 2.24) is 0 Å². The summed E-state index contributed by atoms with van der Waals surface area (Å²) in [7, 11) is 0. The highest BCUT2D eigenvalue weighted by molar-refractivity contribution is 5.61. The van der Waals surface area contributed by atoms with Crippen molar-refractivity contribution in [1.29, 1.82) is 0 Å². The molecule has 0 aliphatic rings. The predicted octanol–water partition coefficient (Wildman–Crippen LogP) is 3.63. The summed E-state index contributed by atoms with van der Waals surface area (Å²) in [6.07, 6.45) is 0.824. The summed E-state index contributed by atoms with van der Waals surface area (Å²) >= 11 is 0. The highest BCUT2D eigenvalue weighted by Gasteiger charge is 2.19. The highest BCUT2D eigenvalue weighted by atomic mass is 16.6. The third-order valence-corrected chi connectivity index (χ3v) is 2.35. The van der Waals surface area contributed by atoms with Gasteiger partial charge in [-0.2, -0.15) is 5.11 Å². The molecule has 1 aromatic rings. The van der Waals surface area contributed by atoms with E-state index in [1.54, 1.807) is 0 Å². The van der Waals surface area contributed by atoms with Gasteiger partial charge in [0.2, 0.25) is 0 Å². The van der Waals surface area contributed by atoms with Crippen molar-refractivity contribution < 1.29 is 9.85 Å². The van der Waals surface area contributed by atoms with Crippen molar-refractivity contribution in [3.63, 3.8) is 0 Å². The zero-order valence-corrected chi connectivity index (χ0v) is 10.6. The zero-order valence-electron chi connectivity index (χ0n) is 10.6. The maximum atomic E-state index is 10.8. The molecular weight excluding hydrogens is 252 g/mol. The fourth-order valence-corrected chi connectivity index (χ4v) is 1.30. The SMILES string of the molecule is CC(C)CCN=Nc1ccc([N+](=O)[O-])cc1[N+](=O)[O-]. The van der Waals surface area contributed by atoms with Crippen LogP contribution in [0.4, 0.5) is 17.1 Å². The van der Waals surface area contributed by atoms with Crippen LogP contribution in [0.1, 0.15) is 20.3 Å². The van der Waals surface area contributed by atoms with Gasteiger partial charge >= 0.3 is 5.69 Å². The van der Waals surface area contributed by atoms with Crippen molar-refractivity contribution in [2.75, 3.05) is 6.54 Å². The van der Waals surface area contributed by atoms with Crippen LogP contribution in [0.15, 0.2) is 28.4 Å². The van der Waals surface area contributed by atoms with Gasteiger partial charge < -0.3 is 0 Å². The molecule has 102 valence electrons. The van der Waals surface area contributed by atoms with E-state index in [4.69, 9.17) is 0 Å². The minimum Gasteiger partial charge on any atom is -0.258 e. The smallest absolute Gasteiger partial charge is 0.258 e. The minimum atomic E-state index is -0.705. The molecule has 0 fully saturated rings. The molecule has 8 heteroatoms. The van der Waals surface area contributed by atoms with Gasteiger partial charge in [0.1, 0.15) is 0 Å². The van der Waals surface area contributed by atoms with Crippen molar-refractivity contribution in [3.05, 3.63) is 38.4 Å². The first-order valence-corrected chi connectivity index (χ1v) is 5.72. The number of rotatable bonds is 6. The largest absolute Gasteiger partial charge is 0.303 e. The molecule has 0 atom stereocenters. The highest BCUT2D eigenvalue weighted by Crippen LogP contribution is 2.31. The van der Waals surface area contributed by atoms with E-state index < -0.39 is 15.5 Å². The lowest BCUT2D eigenvalue weighted by Gasteiger charge is -1.99. The van der Waals surface area contributed by atoms with Crippen LogP contribution in [-0.2, 0) is 0 Å². The van der Waals surface area contributed by atoms with Crippen LogP contribution in [0.3, 0.4) is 0 Å². The summed E-state index contributed by atoms with van der Waals surface area (Å²) in [5.74, 6) is 0.464. The maximum Gasteiger partial charge on any atom is 0.303 e. The van der Waals surface area contributed by atoms with Crippen LogP contribution in [0.2, 0.25) is 0 Å². The average molecular weight is 266 g/mol. The summed E-state index contributed by atoms with van der Waals surface area (Å²) in [6, 6.07) is 3.29. The Morgan fingerprint density at radius 2 is 1.89 bits per heavy atom. The van der Waals surface area contributed by atoms with Gasteiger partial charge in [-0.3, -0.25) is 20.2 Å². The Morgan fingerprint density at radius 1 is 1.21 bits per heavy atom. The Morgan fingerprint density at radius 3 is 2.42 bits per heavy atom. The summed E-state index contributed by atoms with van der Waals surface area (Å²) in [5, 5.41) is 29.0. The van der Waals surface area contributed by atoms with Gasteiger partial charge in [0, 0.05) is 6.07 Å². The number of benzene rings is 1. The molecule has 0 bridgehead atoms. The molecule has 0 saturated carbocycles. The molecule has 0 N–H and O–H groups in total. The fraction of sp³-hybridized carbons (Fsp3) is 0.455. The molecule has 19 heavy (non-hydrogen) atoms. The van der Waals surface area contributed by atoms with E-state index in [2.05, 4.69) is 10.2 Å². The second-order valence-electron chi connectivity index (χ2n) is 4.33.